The van der Waals surface area contributed by atoms with E-state index >= 15 is 0 Å². The van der Waals surface area contributed by atoms with Gasteiger partial charge < -0.3 is 4.42 Å². The molecule has 1 rings (SSSR count). The molecule has 0 aliphatic heterocycles. The van der Waals surface area contributed by atoms with Crippen LogP contribution in [0.1, 0.15) is 51.2 Å². The van der Waals surface area contributed by atoms with E-state index in [2.05, 4.69) is 20.8 Å². The standard InChI is InChI=1S/C12H19FO/c1-5-7-12(4,6-2)10-9(3)8-14-11(10)13/h8H,5-7H2,1-4H3. The average molecular weight is 198 g/mol. The summed E-state index contributed by atoms with van der Waals surface area (Å²) in [6.07, 6.45) is 4.52. The van der Waals surface area contributed by atoms with Gasteiger partial charge in [-0.05, 0) is 30.7 Å². The van der Waals surface area contributed by atoms with Crippen molar-refractivity contribution in [3.63, 3.8) is 0 Å². The quantitative estimate of drug-likeness (QED) is 0.706. The predicted octanol–water partition coefficient (Wildman–Crippen LogP) is 4.19. The molecule has 80 valence electrons. The Morgan fingerprint density at radius 3 is 2.43 bits per heavy atom. The minimum atomic E-state index is -0.402. The van der Waals surface area contributed by atoms with Crippen LogP contribution in [-0.4, -0.2) is 0 Å². The van der Waals surface area contributed by atoms with E-state index in [1.165, 1.54) is 6.26 Å². The van der Waals surface area contributed by atoms with Crippen molar-refractivity contribution in [2.45, 2.75) is 52.4 Å². The van der Waals surface area contributed by atoms with E-state index in [0.717, 1.165) is 30.4 Å². The summed E-state index contributed by atoms with van der Waals surface area (Å²) >= 11 is 0. The lowest BCUT2D eigenvalue weighted by atomic mass is 9.76. The van der Waals surface area contributed by atoms with Crippen LogP contribution in [0.15, 0.2) is 10.7 Å². The molecular weight excluding hydrogens is 179 g/mol. The summed E-state index contributed by atoms with van der Waals surface area (Å²) in [5.41, 5.74) is 1.62. The molecule has 0 spiro atoms. The van der Waals surface area contributed by atoms with Crippen molar-refractivity contribution in [2.24, 2.45) is 0 Å². The van der Waals surface area contributed by atoms with Crippen molar-refractivity contribution >= 4 is 0 Å². The van der Waals surface area contributed by atoms with E-state index in [0.29, 0.717) is 0 Å². The molecule has 0 aromatic carbocycles. The molecule has 1 unspecified atom stereocenters. The van der Waals surface area contributed by atoms with Crippen molar-refractivity contribution in [3.05, 3.63) is 23.4 Å². The van der Waals surface area contributed by atoms with Crippen LogP contribution in [-0.2, 0) is 5.41 Å². The van der Waals surface area contributed by atoms with Crippen LogP contribution in [0.4, 0.5) is 4.39 Å². The van der Waals surface area contributed by atoms with Gasteiger partial charge in [0.2, 0.25) is 0 Å². The Bertz CT molecular complexity index is 284. The first kappa shape index (κ1) is 11.3. The van der Waals surface area contributed by atoms with Gasteiger partial charge in [-0.1, -0.05) is 27.2 Å². The van der Waals surface area contributed by atoms with Gasteiger partial charge in [-0.2, -0.15) is 4.39 Å². The second-order valence-electron chi connectivity index (χ2n) is 4.23. The van der Waals surface area contributed by atoms with E-state index in [-0.39, 0.29) is 5.41 Å². The molecule has 1 nitrogen and oxygen atoms in total. The molecule has 0 N–H and O–H groups in total. The topological polar surface area (TPSA) is 13.1 Å². The van der Waals surface area contributed by atoms with Crippen molar-refractivity contribution < 1.29 is 8.81 Å². The number of furan rings is 1. The average Bonchev–Trinajstić information content (AvgIpc) is 2.47. The lowest BCUT2D eigenvalue weighted by Crippen LogP contribution is -2.22. The Labute approximate surface area is 85.3 Å². The summed E-state index contributed by atoms with van der Waals surface area (Å²) in [6.45, 7) is 8.24. The van der Waals surface area contributed by atoms with Gasteiger partial charge in [-0.3, -0.25) is 0 Å². The molecule has 2 heteroatoms. The van der Waals surface area contributed by atoms with Gasteiger partial charge in [0.1, 0.15) is 0 Å². The lowest BCUT2D eigenvalue weighted by Gasteiger charge is -2.27. The van der Waals surface area contributed by atoms with Crippen LogP contribution in [0, 0.1) is 12.9 Å². The van der Waals surface area contributed by atoms with Crippen molar-refractivity contribution in [3.8, 4) is 0 Å². The van der Waals surface area contributed by atoms with Gasteiger partial charge in [0.25, 0.3) is 6.01 Å². The van der Waals surface area contributed by atoms with E-state index in [1.54, 1.807) is 0 Å². The van der Waals surface area contributed by atoms with E-state index in [9.17, 15) is 4.39 Å². The molecule has 1 atom stereocenters. The summed E-state index contributed by atoms with van der Waals surface area (Å²) in [5, 5.41) is 0. The summed E-state index contributed by atoms with van der Waals surface area (Å²) in [4.78, 5) is 0. The highest BCUT2D eigenvalue weighted by molar-refractivity contribution is 5.29. The Morgan fingerprint density at radius 1 is 1.43 bits per heavy atom. The molecule has 1 aromatic rings. The third kappa shape index (κ3) is 1.84. The Balaban J connectivity index is 3.11. The SMILES string of the molecule is CCCC(C)(CC)c1c(C)coc1F. The van der Waals surface area contributed by atoms with Crippen molar-refractivity contribution in [1.29, 1.82) is 0 Å². The molecule has 0 aliphatic carbocycles. The summed E-state index contributed by atoms with van der Waals surface area (Å²) in [6, 6.07) is -0.402. The molecule has 0 fully saturated rings. The molecule has 0 amide bonds. The van der Waals surface area contributed by atoms with Gasteiger partial charge in [0.15, 0.2) is 0 Å². The van der Waals surface area contributed by atoms with Crippen LogP contribution in [0.5, 0.6) is 0 Å². The first-order chi connectivity index (χ1) is 6.55. The van der Waals surface area contributed by atoms with Gasteiger partial charge >= 0.3 is 0 Å². The maximum Gasteiger partial charge on any atom is 0.281 e. The lowest BCUT2D eigenvalue weighted by molar-refractivity contribution is 0.319. The fourth-order valence-corrected chi connectivity index (χ4v) is 2.16. The molecule has 0 aliphatic rings. The largest absolute Gasteiger partial charge is 0.439 e. The first-order valence-corrected chi connectivity index (χ1v) is 5.29. The van der Waals surface area contributed by atoms with Gasteiger partial charge in [0.05, 0.1) is 6.26 Å². The zero-order valence-electron chi connectivity index (χ0n) is 9.48. The summed E-state index contributed by atoms with van der Waals surface area (Å²) < 4.78 is 18.3. The number of halogens is 1. The summed E-state index contributed by atoms with van der Waals surface area (Å²) in [5.74, 6) is 0. The number of hydrogen-bond donors (Lipinski definition) is 0. The van der Waals surface area contributed by atoms with Gasteiger partial charge in [-0.15, -0.1) is 0 Å². The van der Waals surface area contributed by atoms with E-state index < -0.39 is 6.01 Å². The molecule has 1 heterocycles. The number of aryl methyl sites for hydroxylation is 1. The van der Waals surface area contributed by atoms with Gasteiger partial charge in [0, 0.05) is 5.56 Å². The molecule has 0 radical (unpaired) electrons. The van der Waals surface area contributed by atoms with Crippen LogP contribution in [0.25, 0.3) is 0 Å². The molecule has 1 aromatic heterocycles. The highest BCUT2D eigenvalue weighted by atomic mass is 19.1. The van der Waals surface area contributed by atoms with E-state index in [1.807, 2.05) is 6.92 Å². The fourth-order valence-electron chi connectivity index (χ4n) is 2.16. The zero-order valence-corrected chi connectivity index (χ0v) is 9.48. The maximum absolute atomic E-state index is 13.4. The molecule has 14 heavy (non-hydrogen) atoms. The normalized spacial score (nSPS) is 15.5. The van der Waals surface area contributed by atoms with Crippen LogP contribution in [0.3, 0.4) is 0 Å². The zero-order chi connectivity index (χ0) is 10.8. The minimum Gasteiger partial charge on any atom is -0.439 e. The highest BCUT2D eigenvalue weighted by Crippen LogP contribution is 2.36. The van der Waals surface area contributed by atoms with E-state index in [4.69, 9.17) is 4.42 Å². The highest BCUT2D eigenvalue weighted by Gasteiger charge is 2.30. The van der Waals surface area contributed by atoms with Gasteiger partial charge in [-0.25, -0.2) is 0 Å². The monoisotopic (exact) mass is 198 g/mol. The Morgan fingerprint density at radius 2 is 2.07 bits per heavy atom. The maximum atomic E-state index is 13.4. The van der Waals surface area contributed by atoms with Crippen molar-refractivity contribution in [1.82, 2.24) is 0 Å². The number of hydrogen-bond acceptors (Lipinski definition) is 1. The van der Waals surface area contributed by atoms with Crippen LogP contribution in [0.2, 0.25) is 0 Å². The second kappa shape index (κ2) is 4.16. The first-order valence-electron chi connectivity index (χ1n) is 5.29. The third-order valence-corrected chi connectivity index (χ3v) is 3.12. The molecular formula is C12H19FO. The number of rotatable bonds is 4. The second-order valence-corrected chi connectivity index (χ2v) is 4.23. The molecule has 0 saturated carbocycles. The van der Waals surface area contributed by atoms with Crippen LogP contribution < -0.4 is 0 Å². The molecule has 0 saturated heterocycles. The molecule has 0 bridgehead atoms. The smallest absolute Gasteiger partial charge is 0.281 e. The Hall–Kier alpha value is -0.790. The van der Waals surface area contributed by atoms with Crippen molar-refractivity contribution in [2.75, 3.05) is 0 Å². The predicted molar refractivity (Wildman–Crippen MR) is 56.0 cm³/mol. The fraction of sp³-hybridized carbons (Fsp3) is 0.667. The summed E-state index contributed by atoms with van der Waals surface area (Å²) in [7, 11) is 0. The Kier molecular flexibility index (Phi) is 3.35. The minimum absolute atomic E-state index is 0.0735. The third-order valence-electron chi connectivity index (χ3n) is 3.12. The van der Waals surface area contributed by atoms with Crippen LogP contribution >= 0.6 is 0 Å².